The van der Waals surface area contributed by atoms with Crippen LogP contribution in [0.1, 0.15) is 29.2 Å². The zero-order valence-electron chi connectivity index (χ0n) is 12.8. The number of aryl methyl sites for hydroxylation is 2. The van der Waals surface area contributed by atoms with Gasteiger partial charge in [-0.2, -0.15) is 0 Å². The molecule has 0 bridgehead atoms. The van der Waals surface area contributed by atoms with Crippen LogP contribution in [0.3, 0.4) is 0 Å². The maximum atomic E-state index is 14.1. The third kappa shape index (κ3) is 4.58. The summed E-state index contributed by atoms with van der Waals surface area (Å²) in [6.45, 7) is 6.13. The highest BCUT2D eigenvalue weighted by atomic mass is 32.2. The van der Waals surface area contributed by atoms with Crippen LogP contribution < -0.4 is 5.73 Å². The van der Waals surface area contributed by atoms with Crippen molar-refractivity contribution in [2.24, 2.45) is 5.73 Å². The van der Waals surface area contributed by atoms with Gasteiger partial charge in [0, 0.05) is 16.7 Å². The van der Waals surface area contributed by atoms with Crippen molar-refractivity contribution in [3.05, 3.63) is 64.5 Å². The van der Waals surface area contributed by atoms with Gasteiger partial charge in [-0.05, 0) is 44.4 Å². The average Bonchev–Trinajstić information content (AvgIpc) is 2.36. The molecule has 3 heteroatoms. The number of thioether (sulfide) groups is 1. The molecule has 21 heavy (non-hydrogen) atoms. The summed E-state index contributed by atoms with van der Waals surface area (Å²) in [6, 6.07) is 11.8. The van der Waals surface area contributed by atoms with Crippen LogP contribution in [0, 0.1) is 19.7 Å². The van der Waals surface area contributed by atoms with Crippen molar-refractivity contribution in [3.8, 4) is 0 Å². The monoisotopic (exact) mass is 303 g/mol. The van der Waals surface area contributed by atoms with Crippen LogP contribution in [0.5, 0.6) is 0 Å². The molecule has 0 saturated carbocycles. The fraction of sp³-hybridized carbons (Fsp3) is 0.333. The van der Waals surface area contributed by atoms with Crippen molar-refractivity contribution in [1.82, 2.24) is 0 Å². The van der Waals surface area contributed by atoms with Crippen molar-refractivity contribution < 1.29 is 4.39 Å². The van der Waals surface area contributed by atoms with Gasteiger partial charge in [0.1, 0.15) is 5.82 Å². The minimum absolute atomic E-state index is 0.0346. The molecule has 0 fully saturated rings. The minimum atomic E-state index is -0.150. The number of hydrogen-bond acceptors (Lipinski definition) is 2. The summed E-state index contributed by atoms with van der Waals surface area (Å²) in [6.07, 6.45) is 0.701. The number of hydrogen-bond donors (Lipinski definition) is 1. The van der Waals surface area contributed by atoms with Gasteiger partial charge in [-0.1, -0.05) is 41.5 Å². The van der Waals surface area contributed by atoms with Crippen molar-refractivity contribution in [3.63, 3.8) is 0 Å². The van der Waals surface area contributed by atoms with Crippen molar-refractivity contribution in [1.29, 1.82) is 0 Å². The van der Waals surface area contributed by atoms with E-state index in [0.29, 0.717) is 6.42 Å². The second kappa shape index (κ2) is 7.10. The van der Waals surface area contributed by atoms with Crippen molar-refractivity contribution in [2.75, 3.05) is 0 Å². The Bertz CT molecular complexity index is 602. The molecule has 2 aromatic rings. The Morgan fingerprint density at radius 2 is 1.81 bits per heavy atom. The zero-order chi connectivity index (χ0) is 15.4. The highest BCUT2D eigenvalue weighted by molar-refractivity contribution is 7.98. The predicted octanol–water partition coefficient (Wildman–Crippen LogP) is 4.62. The van der Waals surface area contributed by atoms with E-state index in [4.69, 9.17) is 5.73 Å². The Balaban J connectivity index is 2.19. The molecule has 112 valence electrons. The maximum Gasteiger partial charge on any atom is 0.137 e. The number of nitrogens with two attached hydrogens (primary N) is 1. The normalized spacial score (nSPS) is 12.4. The van der Waals surface area contributed by atoms with Crippen LogP contribution in [0.4, 0.5) is 4.39 Å². The van der Waals surface area contributed by atoms with Gasteiger partial charge in [0.2, 0.25) is 0 Å². The molecule has 2 N–H and O–H groups in total. The van der Waals surface area contributed by atoms with E-state index in [1.54, 1.807) is 17.8 Å². The highest BCUT2D eigenvalue weighted by Gasteiger charge is 2.11. The van der Waals surface area contributed by atoms with Crippen LogP contribution in [0.2, 0.25) is 0 Å². The number of benzene rings is 2. The molecule has 2 rings (SSSR count). The van der Waals surface area contributed by atoms with E-state index < -0.39 is 0 Å². The lowest BCUT2D eigenvalue weighted by Crippen LogP contribution is -2.18. The van der Waals surface area contributed by atoms with Gasteiger partial charge in [0.15, 0.2) is 0 Å². The standard InChI is InChI=1S/C18H22FNS/c1-12-7-13(2)9-15(8-12)11-21-18-16(10-14(3)20)5-4-6-17(18)19/h4-9,14H,10-11,20H2,1-3H3. The fourth-order valence-electron chi connectivity index (χ4n) is 2.53. The summed E-state index contributed by atoms with van der Waals surface area (Å²) < 4.78 is 14.1. The lowest BCUT2D eigenvalue weighted by molar-refractivity contribution is 0.592. The Labute approximate surface area is 130 Å². The van der Waals surface area contributed by atoms with Gasteiger partial charge in [-0.25, -0.2) is 4.39 Å². The van der Waals surface area contributed by atoms with E-state index in [9.17, 15) is 4.39 Å². The second-order valence-corrected chi connectivity index (χ2v) is 6.68. The SMILES string of the molecule is Cc1cc(C)cc(CSc2c(F)cccc2CC(C)N)c1. The summed E-state index contributed by atoms with van der Waals surface area (Å²) in [4.78, 5) is 0.731. The van der Waals surface area contributed by atoms with Crippen LogP contribution in [0.15, 0.2) is 41.3 Å². The minimum Gasteiger partial charge on any atom is -0.328 e. The molecule has 0 spiro atoms. The largest absolute Gasteiger partial charge is 0.328 e. The first kappa shape index (κ1) is 16.1. The maximum absolute atomic E-state index is 14.1. The van der Waals surface area contributed by atoms with Gasteiger partial charge in [0.25, 0.3) is 0 Å². The molecule has 1 unspecified atom stereocenters. The third-order valence-corrected chi connectivity index (χ3v) is 4.48. The third-order valence-electron chi connectivity index (χ3n) is 3.26. The smallest absolute Gasteiger partial charge is 0.137 e. The first-order valence-corrected chi connectivity index (χ1v) is 8.17. The van der Waals surface area contributed by atoms with E-state index >= 15 is 0 Å². The van der Waals surface area contributed by atoms with E-state index in [1.165, 1.54) is 22.8 Å². The van der Waals surface area contributed by atoms with Crippen molar-refractivity contribution >= 4 is 11.8 Å². The molecule has 0 aliphatic carbocycles. The van der Waals surface area contributed by atoms with E-state index in [1.807, 2.05) is 13.0 Å². The number of halogens is 1. The van der Waals surface area contributed by atoms with Gasteiger partial charge >= 0.3 is 0 Å². The highest BCUT2D eigenvalue weighted by Crippen LogP contribution is 2.30. The molecule has 0 saturated heterocycles. The molecule has 1 nitrogen and oxygen atoms in total. The quantitative estimate of drug-likeness (QED) is 0.815. The topological polar surface area (TPSA) is 26.0 Å². The molecular formula is C18H22FNS. The molecule has 0 aromatic heterocycles. The van der Waals surface area contributed by atoms with Crippen LogP contribution in [0.25, 0.3) is 0 Å². The summed E-state index contributed by atoms with van der Waals surface area (Å²) in [5, 5.41) is 0. The molecule has 1 atom stereocenters. The Morgan fingerprint density at radius 3 is 2.43 bits per heavy atom. The summed E-state index contributed by atoms with van der Waals surface area (Å²) in [5.74, 6) is 0.623. The van der Waals surface area contributed by atoms with E-state index in [0.717, 1.165) is 16.2 Å². The summed E-state index contributed by atoms with van der Waals surface area (Å²) in [5.41, 5.74) is 10.6. The lowest BCUT2D eigenvalue weighted by Gasteiger charge is -2.12. The Hall–Kier alpha value is -1.32. The van der Waals surface area contributed by atoms with Crippen LogP contribution >= 0.6 is 11.8 Å². The average molecular weight is 303 g/mol. The van der Waals surface area contributed by atoms with E-state index in [2.05, 4.69) is 32.0 Å². The summed E-state index contributed by atoms with van der Waals surface area (Å²) >= 11 is 1.56. The molecule has 0 aliphatic heterocycles. The van der Waals surface area contributed by atoms with Gasteiger partial charge < -0.3 is 5.73 Å². The molecule has 0 aliphatic rings. The Morgan fingerprint density at radius 1 is 1.14 bits per heavy atom. The molecule has 0 radical (unpaired) electrons. The first-order valence-electron chi connectivity index (χ1n) is 7.18. The summed E-state index contributed by atoms with van der Waals surface area (Å²) in [7, 11) is 0. The fourth-order valence-corrected chi connectivity index (χ4v) is 3.55. The van der Waals surface area contributed by atoms with E-state index in [-0.39, 0.29) is 11.9 Å². The lowest BCUT2D eigenvalue weighted by atomic mass is 10.1. The molecule has 0 amide bonds. The first-order chi connectivity index (χ1) is 9.95. The molecular weight excluding hydrogens is 281 g/mol. The van der Waals surface area contributed by atoms with Gasteiger partial charge in [0.05, 0.1) is 0 Å². The zero-order valence-corrected chi connectivity index (χ0v) is 13.6. The van der Waals surface area contributed by atoms with Crippen LogP contribution in [-0.4, -0.2) is 6.04 Å². The molecule has 0 heterocycles. The van der Waals surface area contributed by atoms with Gasteiger partial charge in [-0.15, -0.1) is 11.8 Å². The number of rotatable bonds is 5. The second-order valence-electron chi connectivity index (χ2n) is 5.69. The van der Waals surface area contributed by atoms with Crippen molar-refractivity contribution in [2.45, 2.75) is 43.9 Å². The molecule has 2 aromatic carbocycles. The van der Waals surface area contributed by atoms with Gasteiger partial charge in [-0.3, -0.25) is 0 Å². The Kier molecular flexibility index (Phi) is 5.43. The predicted molar refractivity (Wildman–Crippen MR) is 89.2 cm³/mol. The van der Waals surface area contributed by atoms with Crippen LogP contribution in [-0.2, 0) is 12.2 Å².